The van der Waals surface area contributed by atoms with Crippen LogP contribution in [-0.4, -0.2) is 23.8 Å². The average Bonchev–Trinajstić information content (AvgIpc) is 2.07. The minimum absolute atomic E-state index is 0.0625. The highest BCUT2D eigenvalue weighted by molar-refractivity contribution is 6.18. The van der Waals surface area contributed by atoms with Crippen LogP contribution in [0.25, 0.3) is 0 Å². The number of imide groups is 1. The fraction of sp³-hybridized carbons (Fsp3) is 0.333. The van der Waals surface area contributed by atoms with Gasteiger partial charge in [-0.15, -0.1) is 0 Å². The summed E-state index contributed by atoms with van der Waals surface area (Å²) in [4.78, 5) is 22.7. The second-order valence-corrected chi connectivity index (χ2v) is 2.21. The molecule has 4 nitrogen and oxygen atoms in total. The van der Waals surface area contributed by atoms with Gasteiger partial charge in [-0.05, 0) is 6.92 Å². The molecule has 0 spiro atoms. The molecular weight excluding hydrogens is 132 g/mol. The number of carbonyl (C=O) groups is 2. The highest BCUT2D eigenvalue weighted by Gasteiger charge is 2.30. The maximum atomic E-state index is 10.9. The normalized spacial score (nSPS) is 19.2. The Hall–Kier alpha value is -1.32. The quantitative estimate of drug-likeness (QED) is 0.449. The summed E-state index contributed by atoms with van der Waals surface area (Å²) in [5, 5.41) is 0. The number of hydrogen-bond acceptors (Lipinski definition) is 3. The van der Waals surface area contributed by atoms with Gasteiger partial charge in [0.25, 0.3) is 11.8 Å². The third-order valence-corrected chi connectivity index (χ3v) is 1.56. The van der Waals surface area contributed by atoms with Crippen molar-refractivity contribution in [3.63, 3.8) is 0 Å². The van der Waals surface area contributed by atoms with Crippen LogP contribution < -0.4 is 5.73 Å². The molecule has 1 rings (SSSR count). The molecular formula is C6H8N2O2. The summed E-state index contributed by atoms with van der Waals surface area (Å²) < 4.78 is 0. The molecule has 0 radical (unpaired) electrons. The van der Waals surface area contributed by atoms with Crippen molar-refractivity contribution in [3.8, 4) is 0 Å². The van der Waals surface area contributed by atoms with Crippen molar-refractivity contribution in [2.24, 2.45) is 5.73 Å². The number of rotatable bonds is 0. The number of nitrogens with two attached hydrogens (primary N) is 1. The third-order valence-electron chi connectivity index (χ3n) is 1.56. The van der Waals surface area contributed by atoms with Crippen molar-refractivity contribution < 1.29 is 9.59 Å². The summed E-state index contributed by atoms with van der Waals surface area (Å²) in [5.74, 6) is -0.704. The Kier molecular flexibility index (Phi) is 1.24. The summed E-state index contributed by atoms with van der Waals surface area (Å²) in [5.41, 5.74) is 5.67. The Morgan fingerprint density at radius 1 is 1.30 bits per heavy atom. The summed E-state index contributed by atoms with van der Waals surface area (Å²) in [6.07, 6.45) is 0. The van der Waals surface area contributed by atoms with Gasteiger partial charge in [-0.2, -0.15) is 0 Å². The lowest BCUT2D eigenvalue weighted by molar-refractivity contribution is -0.135. The van der Waals surface area contributed by atoms with Gasteiger partial charge >= 0.3 is 0 Å². The van der Waals surface area contributed by atoms with Crippen molar-refractivity contribution in [2.45, 2.75) is 6.92 Å². The van der Waals surface area contributed by atoms with Crippen molar-refractivity contribution >= 4 is 11.8 Å². The fourth-order valence-electron chi connectivity index (χ4n) is 0.800. The van der Waals surface area contributed by atoms with Crippen LogP contribution in [0.15, 0.2) is 11.3 Å². The van der Waals surface area contributed by atoms with Crippen molar-refractivity contribution in [3.05, 3.63) is 11.3 Å². The van der Waals surface area contributed by atoms with Crippen LogP contribution >= 0.6 is 0 Å². The van der Waals surface area contributed by atoms with Crippen molar-refractivity contribution in [1.29, 1.82) is 0 Å². The molecule has 0 unspecified atom stereocenters. The zero-order chi connectivity index (χ0) is 7.89. The molecule has 1 aliphatic heterocycles. The van der Waals surface area contributed by atoms with E-state index in [9.17, 15) is 9.59 Å². The van der Waals surface area contributed by atoms with Crippen LogP contribution in [0.2, 0.25) is 0 Å². The summed E-state index contributed by atoms with van der Waals surface area (Å²) in [6.45, 7) is 1.54. The summed E-state index contributed by atoms with van der Waals surface area (Å²) in [6, 6.07) is 0. The average molecular weight is 140 g/mol. The molecule has 4 heteroatoms. The van der Waals surface area contributed by atoms with Gasteiger partial charge < -0.3 is 5.73 Å². The van der Waals surface area contributed by atoms with E-state index in [1.165, 1.54) is 7.05 Å². The number of nitrogens with zero attached hydrogens (tertiary/aromatic N) is 1. The molecule has 10 heavy (non-hydrogen) atoms. The molecule has 0 saturated heterocycles. The van der Waals surface area contributed by atoms with E-state index in [-0.39, 0.29) is 11.6 Å². The Morgan fingerprint density at radius 3 is 1.90 bits per heavy atom. The van der Waals surface area contributed by atoms with E-state index in [1.807, 2.05) is 0 Å². The van der Waals surface area contributed by atoms with Crippen LogP contribution in [0, 0.1) is 0 Å². The largest absolute Gasteiger partial charge is 0.394 e. The lowest BCUT2D eigenvalue weighted by atomic mass is 10.3. The van der Waals surface area contributed by atoms with E-state index in [2.05, 4.69) is 0 Å². The molecule has 0 fully saturated rings. The lowest BCUT2D eigenvalue weighted by Gasteiger charge is -2.03. The summed E-state index contributed by atoms with van der Waals surface area (Å²) in [7, 11) is 1.41. The Morgan fingerprint density at radius 2 is 1.80 bits per heavy atom. The van der Waals surface area contributed by atoms with Gasteiger partial charge in [0.05, 0.1) is 0 Å². The number of amides is 2. The fourth-order valence-corrected chi connectivity index (χ4v) is 0.800. The number of carbonyl (C=O) groups excluding carboxylic acids is 2. The minimum atomic E-state index is -0.400. The van der Waals surface area contributed by atoms with E-state index in [0.717, 1.165) is 4.90 Å². The lowest BCUT2D eigenvalue weighted by Crippen LogP contribution is -2.27. The van der Waals surface area contributed by atoms with Crippen LogP contribution in [0.1, 0.15) is 6.92 Å². The molecule has 2 N–H and O–H groups in total. The van der Waals surface area contributed by atoms with Gasteiger partial charge in [0.15, 0.2) is 0 Å². The molecule has 1 heterocycles. The second kappa shape index (κ2) is 1.83. The first-order valence-electron chi connectivity index (χ1n) is 2.84. The minimum Gasteiger partial charge on any atom is -0.394 e. The molecule has 1 aliphatic rings. The smallest absolute Gasteiger partial charge is 0.276 e. The van der Waals surface area contributed by atoms with Crippen LogP contribution in [0.5, 0.6) is 0 Å². The third kappa shape index (κ3) is 0.618. The molecule has 0 atom stereocenters. The van der Waals surface area contributed by atoms with Crippen LogP contribution in [0.3, 0.4) is 0 Å². The highest BCUT2D eigenvalue weighted by atomic mass is 16.2. The van der Waals surface area contributed by atoms with E-state index in [4.69, 9.17) is 5.73 Å². The molecule has 0 aromatic rings. The molecule has 54 valence electrons. The monoisotopic (exact) mass is 140 g/mol. The second-order valence-electron chi connectivity index (χ2n) is 2.21. The molecule has 0 bridgehead atoms. The maximum Gasteiger partial charge on any atom is 0.276 e. The molecule has 0 aromatic heterocycles. The molecule has 2 amide bonds. The predicted molar refractivity (Wildman–Crippen MR) is 34.7 cm³/mol. The number of likely N-dealkylation sites (N-methyl/N-ethyl adjacent to an activating group) is 1. The Bertz CT molecular complexity index is 218. The predicted octanol–water partition coefficient (Wildman–Crippen LogP) is -0.782. The van der Waals surface area contributed by atoms with Gasteiger partial charge in [-0.1, -0.05) is 0 Å². The van der Waals surface area contributed by atoms with E-state index in [0.29, 0.717) is 5.57 Å². The first-order chi connectivity index (χ1) is 4.55. The van der Waals surface area contributed by atoms with Crippen LogP contribution in [0.4, 0.5) is 0 Å². The molecule has 0 aromatic carbocycles. The standard InChI is InChI=1S/C6H8N2O2/c1-3-4(7)6(10)8(2)5(3)9/h7H2,1-2H3. The van der Waals surface area contributed by atoms with Gasteiger partial charge in [0.1, 0.15) is 5.70 Å². The van der Waals surface area contributed by atoms with E-state index < -0.39 is 5.91 Å². The Labute approximate surface area is 58.3 Å². The van der Waals surface area contributed by atoms with E-state index in [1.54, 1.807) is 6.92 Å². The van der Waals surface area contributed by atoms with Gasteiger partial charge in [-0.25, -0.2) is 0 Å². The first-order valence-corrected chi connectivity index (χ1v) is 2.84. The van der Waals surface area contributed by atoms with Gasteiger partial charge in [0, 0.05) is 12.6 Å². The zero-order valence-corrected chi connectivity index (χ0v) is 5.84. The van der Waals surface area contributed by atoms with Crippen molar-refractivity contribution in [2.75, 3.05) is 7.05 Å². The van der Waals surface area contributed by atoms with Gasteiger partial charge in [-0.3, -0.25) is 14.5 Å². The first kappa shape index (κ1) is 6.80. The van der Waals surface area contributed by atoms with Gasteiger partial charge in [0.2, 0.25) is 0 Å². The zero-order valence-electron chi connectivity index (χ0n) is 5.84. The Balaban J connectivity index is 3.11. The molecule has 0 aliphatic carbocycles. The SMILES string of the molecule is CC1=C(N)C(=O)N(C)C1=O. The topological polar surface area (TPSA) is 63.4 Å². The van der Waals surface area contributed by atoms with E-state index >= 15 is 0 Å². The van der Waals surface area contributed by atoms with Crippen molar-refractivity contribution in [1.82, 2.24) is 4.90 Å². The summed E-state index contributed by atoms with van der Waals surface area (Å²) >= 11 is 0. The maximum absolute atomic E-state index is 10.9. The van der Waals surface area contributed by atoms with Crippen LogP contribution in [-0.2, 0) is 9.59 Å². The highest BCUT2D eigenvalue weighted by Crippen LogP contribution is 2.13. The number of hydrogen-bond donors (Lipinski definition) is 1. The molecule has 0 saturated carbocycles.